The maximum Gasteiger partial charge on any atom is 0.302 e. The Morgan fingerprint density at radius 1 is 1.57 bits per heavy atom. The highest BCUT2D eigenvalue weighted by Gasteiger charge is 2.38. The number of aromatic nitrogens is 2. The van der Waals surface area contributed by atoms with Crippen LogP contribution in [0.2, 0.25) is 0 Å². The van der Waals surface area contributed by atoms with Crippen LogP contribution >= 0.6 is 0 Å². The third-order valence-electron chi connectivity index (χ3n) is 1.93. The summed E-state index contributed by atoms with van der Waals surface area (Å²) in [7, 11) is 2.79. The van der Waals surface area contributed by atoms with E-state index in [-0.39, 0.29) is 17.1 Å². The van der Waals surface area contributed by atoms with Gasteiger partial charge >= 0.3 is 5.92 Å². The van der Waals surface area contributed by atoms with Gasteiger partial charge in [0.05, 0.1) is 12.8 Å². The summed E-state index contributed by atoms with van der Waals surface area (Å²) in [5, 5.41) is 12.4. The Kier molecular flexibility index (Phi) is 2.75. The van der Waals surface area contributed by atoms with Gasteiger partial charge in [-0.05, 0) is 6.92 Å². The normalized spacial score (nSPS) is 11.9. The van der Waals surface area contributed by atoms with Gasteiger partial charge in [-0.1, -0.05) is 0 Å². The van der Waals surface area contributed by atoms with Gasteiger partial charge in [0, 0.05) is 7.05 Å². The molecule has 1 aromatic rings. The van der Waals surface area contributed by atoms with Crippen LogP contribution in [-0.4, -0.2) is 28.6 Å². The van der Waals surface area contributed by atoms with Gasteiger partial charge in [-0.15, -0.1) is 0 Å². The number of nitrogens with zero attached hydrogens (tertiary/aromatic N) is 2. The molecule has 0 aliphatic rings. The number of hydrogen-bond acceptors (Lipinski definition) is 3. The largest absolute Gasteiger partial charge is 0.481 e. The summed E-state index contributed by atoms with van der Waals surface area (Å²) in [6.07, 6.45) is 0. The molecule has 0 aliphatic carbocycles. The number of hydrogen-bond donors (Lipinski definition) is 1. The summed E-state index contributed by atoms with van der Waals surface area (Å²) in [4.78, 5) is 0. The first kappa shape index (κ1) is 10.9. The molecule has 0 unspecified atom stereocenters. The minimum absolute atomic E-state index is 0.0263. The lowest BCUT2D eigenvalue weighted by Gasteiger charge is -2.14. The monoisotopic (exact) mass is 206 g/mol. The molecule has 0 saturated heterocycles. The summed E-state index contributed by atoms with van der Waals surface area (Å²) in [5.41, 5.74) is -0.201. The Morgan fingerprint density at radius 2 is 2.14 bits per heavy atom. The van der Waals surface area contributed by atoms with Crippen LogP contribution in [0.25, 0.3) is 0 Å². The quantitative estimate of drug-likeness (QED) is 0.796. The molecule has 80 valence electrons. The second-order valence-electron chi connectivity index (χ2n) is 2.96. The molecule has 6 heteroatoms. The molecule has 4 nitrogen and oxygen atoms in total. The van der Waals surface area contributed by atoms with Crippen LogP contribution in [0.4, 0.5) is 8.78 Å². The number of aliphatic hydroxyl groups is 1. The van der Waals surface area contributed by atoms with Crippen molar-refractivity contribution in [2.75, 3.05) is 13.7 Å². The maximum atomic E-state index is 13.2. The average Bonchev–Trinajstić information content (AvgIpc) is 2.40. The van der Waals surface area contributed by atoms with Crippen LogP contribution in [0, 0.1) is 6.92 Å². The van der Waals surface area contributed by atoms with Gasteiger partial charge < -0.3 is 9.84 Å². The van der Waals surface area contributed by atoms with E-state index in [0.717, 1.165) is 0 Å². The molecule has 0 aliphatic heterocycles. The highest BCUT2D eigenvalue weighted by molar-refractivity contribution is 5.35. The fourth-order valence-electron chi connectivity index (χ4n) is 1.37. The summed E-state index contributed by atoms with van der Waals surface area (Å²) in [5.74, 6) is -3.34. The van der Waals surface area contributed by atoms with Crippen molar-refractivity contribution in [3.05, 3.63) is 11.3 Å². The number of aryl methyl sites for hydroxylation is 2. The van der Waals surface area contributed by atoms with E-state index < -0.39 is 12.5 Å². The molecule has 0 radical (unpaired) electrons. The molecule has 0 amide bonds. The third kappa shape index (κ3) is 1.57. The Balaban J connectivity index is 3.32. The fraction of sp³-hybridized carbons (Fsp3) is 0.625. The van der Waals surface area contributed by atoms with Gasteiger partial charge in [-0.3, -0.25) is 0 Å². The zero-order chi connectivity index (χ0) is 10.9. The number of aliphatic hydroxyl groups excluding tert-OH is 1. The SMILES string of the molecule is COc1c(C(F)(F)CO)c(C)nn1C. The first-order valence-corrected chi connectivity index (χ1v) is 4.00. The van der Waals surface area contributed by atoms with Gasteiger partial charge in [0.25, 0.3) is 0 Å². The Labute approximate surface area is 80.1 Å². The standard InChI is InChI=1S/C8H12F2N2O2/c1-5-6(8(9,10)4-13)7(14-3)12(2)11-5/h13H,4H2,1-3H3. The molecule has 0 aromatic carbocycles. The number of halogens is 2. The predicted molar refractivity (Wildman–Crippen MR) is 45.5 cm³/mol. The molecular weight excluding hydrogens is 194 g/mol. The van der Waals surface area contributed by atoms with E-state index in [1.807, 2.05) is 0 Å². The van der Waals surface area contributed by atoms with E-state index in [1.165, 1.54) is 25.8 Å². The molecule has 0 fully saturated rings. The lowest BCUT2D eigenvalue weighted by Crippen LogP contribution is -2.20. The molecule has 1 N–H and O–H groups in total. The minimum atomic E-state index is -3.32. The fourth-order valence-corrected chi connectivity index (χ4v) is 1.37. The first-order valence-electron chi connectivity index (χ1n) is 4.00. The van der Waals surface area contributed by atoms with E-state index in [1.54, 1.807) is 0 Å². The molecule has 1 heterocycles. The molecule has 1 rings (SSSR count). The summed E-state index contributed by atoms with van der Waals surface area (Å²) >= 11 is 0. The van der Waals surface area contributed by atoms with E-state index in [0.29, 0.717) is 0 Å². The molecule has 0 saturated carbocycles. The number of methoxy groups -OCH3 is 1. The second-order valence-corrected chi connectivity index (χ2v) is 2.96. The van der Waals surface area contributed by atoms with Crippen LogP contribution in [0.1, 0.15) is 11.3 Å². The first-order chi connectivity index (χ1) is 6.44. The van der Waals surface area contributed by atoms with Crippen molar-refractivity contribution < 1.29 is 18.6 Å². The van der Waals surface area contributed by atoms with Crippen molar-refractivity contribution in [3.63, 3.8) is 0 Å². The van der Waals surface area contributed by atoms with Crippen molar-refractivity contribution in [1.29, 1.82) is 0 Å². The molecule has 14 heavy (non-hydrogen) atoms. The Morgan fingerprint density at radius 3 is 2.57 bits per heavy atom. The predicted octanol–water partition coefficient (Wildman–Crippen LogP) is 0.821. The number of rotatable bonds is 3. The number of alkyl halides is 2. The topological polar surface area (TPSA) is 47.3 Å². The van der Waals surface area contributed by atoms with Gasteiger partial charge in [0.2, 0.25) is 5.88 Å². The van der Waals surface area contributed by atoms with Crippen LogP contribution in [-0.2, 0) is 13.0 Å². The zero-order valence-corrected chi connectivity index (χ0v) is 8.21. The smallest absolute Gasteiger partial charge is 0.302 e. The van der Waals surface area contributed by atoms with Crippen molar-refractivity contribution in [2.24, 2.45) is 7.05 Å². The van der Waals surface area contributed by atoms with Crippen LogP contribution < -0.4 is 4.74 Å². The highest BCUT2D eigenvalue weighted by Crippen LogP contribution is 2.36. The highest BCUT2D eigenvalue weighted by atomic mass is 19.3. The van der Waals surface area contributed by atoms with Crippen LogP contribution in [0.15, 0.2) is 0 Å². The van der Waals surface area contributed by atoms with E-state index in [2.05, 4.69) is 5.10 Å². The molecule has 0 atom stereocenters. The third-order valence-corrected chi connectivity index (χ3v) is 1.93. The van der Waals surface area contributed by atoms with E-state index in [9.17, 15) is 8.78 Å². The zero-order valence-electron chi connectivity index (χ0n) is 8.21. The molecule has 0 spiro atoms. The van der Waals surface area contributed by atoms with Crippen molar-refractivity contribution in [2.45, 2.75) is 12.8 Å². The Hall–Kier alpha value is -1.17. The van der Waals surface area contributed by atoms with Gasteiger partial charge in [0.15, 0.2) is 0 Å². The van der Waals surface area contributed by atoms with Gasteiger partial charge in [-0.25, -0.2) is 4.68 Å². The second kappa shape index (κ2) is 3.53. The van der Waals surface area contributed by atoms with Gasteiger partial charge in [0.1, 0.15) is 12.2 Å². The molecule has 0 bridgehead atoms. The van der Waals surface area contributed by atoms with Crippen molar-refractivity contribution in [1.82, 2.24) is 9.78 Å². The maximum absolute atomic E-state index is 13.2. The van der Waals surface area contributed by atoms with E-state index >= 15 is 0 Å². The van der Waals surface area contributed by atoms with Gasteiger partial charge in [-0.2, -0.15) is 13.9 Å². The van der Waals surface area contributed by atoms with Crippen LogP contribution in [0.3, 0.4) is 0 Å². The lowest BCUT2D eigenvalue weighted by molar-refractivity contribution is -0.0577. The molecule has 1 aromatic heterocycles. The minimum Gasteiger partial charge on any atom is -0.481 e. The lowest BCUT2D eigenvalue weighted by atomic mass is 10.1. The van der Waals surface area contributed by atoms with Crippen molar-refractivity contribution >= 4 is 0 Å². The van der Waals surface area contributed by atoms with Crippen LogP contribution in [0.5, 0.6) is 5.88 Å². The number of ether oxygens (including phenoxy) is 1. The van der Waals surface area contributed by atoms with Crippen molar-refractivity contribution in [3.8, 4) is 5.88 Å². The van der Waals surface area contributed by atoms with E-state index in [4.69, 9.17) is 9.84 Å². The summed E-state index contributed by atoms with van der Waals surface area (Å²) in [6, 6.07) is 0. The Bertz CT molecular complexity index is 336. The summed E-state index contributed by atoms with van der Waals surface area (Å²) in [6.45, 7) is 0.192. The average molecular weight is 206 g/mol. The summed E-state index contributed by atoms with van der Waals surface area (Å²) < 4.78 is 32.5. The molecular formula is C8H12F2N2O2.